The van der Waals surface area contributed by atoms with Crippen LogP contribution in [0.25, 0.3) is 22.2 Å². The third kappa shape index (κ3) is 3.63. The second-order valence-corrected chi connectivity index (χ2v) is 7.20. The van der Waals surface area contributed by atoms with E-state index in [2.05, 4.69) is 51.7 Å². The van der Waals surface area contributed by atoms with Crippen molar-refractivity contribution in [3.63, 3.8) is 0 Å². The highest BCUT2D eigenvalue weighted by Crippen LogP contribution is 2.30. The summed E-state index contributed by atoms with van der Waals surface area (Å²) in [6.45, 7) is 8.75. The van der Waals surface area contributed by atoms with Crippen molar-refractivity contribution >= 4 is 22.6 Å². The molecule has 148 valence electrons. The number of pyridine rings is 1. The van der Waals surface area contributed by atoms with Gasteiger partial charge in [0.05, 0.1) is 17.1 Å². The molecule has 0 unspecified atom stereocenters. The van der Waals surface area contributed by atoms with Crippen LogP contribution < -0.4 is 5.32 Å². The first kappa shape index (κ1) is 18.9. The number of aryl methyl sites for hydroxylation is 4. The molecule has 29 heavy (non-hydrogen) atoms. The molecule has 4 aromatic rings. The Bertz CT molecular complexity index is 1190. The molecule has 0 saturated heterocycles. The molecule has 1 N–H and O–H groups in total. The third-order valence-corrected chi connectivity index (χ3v) is 5.01. The smallest absolute Gasteiger partial charge is 0.246 e. The van der Waals surface area contributed by atoms with Gasteiger partial charge in [0.15, 0.2) is 5.65 Å². The van der Waals surface area contributed by atoms with E-state index < -0.39 is 0 Å². The van der Waals surface area contributed by atoms with Crippen molar-refractivity contribution in [3.8, 4) is 11.1 Å². The molecule has 7 heteroatoms. The highest BCUT2D eigenvalue weighted by atomic mass is 16.2. The van der Waals surface area contributed by atoms with E-state index in [0.717, 1.165) is 40.1 Å². The summed E-state index contributed by atoms with van der Waals surface area (Å²) in [6.07, 6.45) is 3.61. The molecule has 0 bridgehead atoms. The van der Waals surface area contributed by atoms with Gasteiger partial charge in [0.2, 0.25) is 5.91 Å². The van der Waals surface area contributed by atoms with Crippen molar-refractivity contribution in [2.24, 2.45) is 0 Å². The molecule has 3 aromatic heterocycles. The van der Waals surface area contributed by atoms with E-state index in [9.17, 15) is 4.79 Å². The quantitative estimate of drug-likeness (QED) is 0.563. The van der Waals surface area contributed by atoms with Crippen LogP contribution in [0.15, 0.2) is 42.7 Å². The van der Waals surface area contributed by atoms with Crippen molar-refractivity contribution in [3.05, 3.63) is 59.7 Å². The summed E-state index contributed by atoms with van der Waals surface area (Å²) < 4.78 is 3.46. The number of nitrogens with zero attached hydrogens (tertiary/aromatic N) is 5. The highest BCUT2D eigenvalue weighted by molar-refractivity contribution is 5.96. The largest absolute Gasteiger partial charge is 0.322 e. The average molecular weight is 388 g/mol. The number of benzene rings is 1. The predicted octanol–water partition coefficient (Wildman–Crippen LogP) is 3.88. The summed E-state index contributed by atoms with van der Waals surface area (Å²) in [6, 6.07) is 10.4. The van der Waals surface area contributed by atoms with Gasteiger partial charge in [-0.05, 0) is 44.9 Å². The van der Waals surface area contributed by atoms with Crippen LogP contribution in [-0.4, -0.2) is 30.5 Å². The van der Waals surface area contributed by atoms with Crippen LogP contribution in [0.3, 0.4) is 0 Å². The lowest BCUT2D eigenvalue weighted by atomic mass is 10.0. The summed E-state index contributed by atoms with van der Waals surface area (Å²) in [5.74, 6) is -0.157. The van der Waals surface area contributed by atoms with Gasteiger partial charge in [-0.15, -0.1) is 0 Å². The van der Waals surface area contributed by atoms with Crippen molar-refractivity contribution < 1.29 is 4.79 Å². The van der Waals surface area contributed by atoms with Crippen molar-refractivity contribution in [2.75, 3.05) is 5.32 Å². The number of hydrogen-bond donors (Lipinski definition) is 1. The number of nitrogens with one attached hydrogen (secondary N) is 1. The molecular formula is C22H24N6O. The highest BCUT2D eigenvalue weighted by Gasteiger charge is 2.17. The molecule has 7 nitrogen and oxygen atoms in total. The topological polar surface area (TPSA) is 77.6 Å². The van der Waals surface area contributed by atoms with E-state index in [-0.39, 0.29) is 12.5 Å². The van der Waals surface area contributed by atoms with Gasteiger partial charge in [0, 0.05) is 24.3 Å². The summed E-state index contributed by atoms with van der Waals surface area (Å²) in [5, 5.41) is 12.9. The molecule has 0 saturated carbocycles. The molecule has 0 radical (unpaired) electrons. The molecule has 1 amide bonds. The summed E-state index contributed by atoms with van der Waals surface area (Å²) >= 11 is 0. The minimum absolute atomic E-state index is 0.0887. The van der Waals surface area contributed by atoms with Crippen LogP contribution in [0, 0.1) is 20.8 Å². The van der Waals surface area contributed by atoms with Crippen LogP contribution in [-0.2, 0) is 17.9 Å². The number of anilines is 1. The summed E-state index contributed by atoms with van der Waals surface area (Å²) in [4.78, 5) is 17.1. The van der Waals surface area contributed by atoms with E-state index in [0.29, 0.717) is 5.65 Å². The van der Waals surface area contributed by atoms with E-state index >= 15 is 0 Å². The van der Waals surface area contributed by atoms with Gasteiger partial charge < -0.3 is 5.32 Å². The fourth-order valence-electron chi connectivity index (χ4n) is 3.49. The first-order valence-electron chi connectivity index (χ1n) is 9.69. The van der Waals surface area contributed by atoms with Crippen LogP contribution in [0.4, 0.5) is 5.69 Å². The van der Waals surface area contributed by atoms with Crippen LogP contribution in [0.1, 0.15) is 23.9 Å². The zero-order chi connectivity index (χ0) is 20.5. The van der Waals surface area contributed by atoms with Crippen molar-refractivity contribution in [1.29, 1.82) is 0 Å². The molecule has 0 atom stereocenters. The lowest BCUT2D eigenvalue weighted by Crippen LogP contribution is -2.20. The molecule has 3 heterocycles. The second kappa shape index (κ2) is 7.50. The second-order valence-electron chi connectivity index (χ2n) is 7.20. The Morgan fingerprint density at radius 2 is 1.79 bits per heavy atom. The number of carbonyl (C=O) groups is 1. The Labute approximate surface area is 169 Å². The van der Waals surface area contributed by atoms with E-state index in [1.807, 2.05) is 33.0 Å². The molecule has 0 aliphatic heterocycles. The minimum atomic E-state index is -0.157. The number of rotatable bonds is 5. The van der Waals surface area contributed by atoms with E-state index in [4.69, 9.17) is 0 Å². The lowest BCUT2D eigenvalue weighted by molar-refractivity contribution is -0.116. The molecule has 0 spiro atoms. The van der Waals surface area contributed by atoms with E-state index in [1.54, 1.807) is 15.6 Å². The fraction of sp³-hybridized carbons (Fsp3) is 0.273. The van der Waals surface area contributed by atoms with Crippen LogP contribution in [0.5, 0.6) is 0 Å². The lowest BCUT2D eigenvalue weighted by Gasteiger charge is -2.06. The van der Waals surface area contributed by atoms with Gasteiger partial charge >= 0.3 is 0 Å². The zero-order valence-electron chi connectivity index (χ0n) is 17.1. The van der Waals surface area contributed by atoms with Crippen LogP contribution in [0.2, 0.25) is 0 Å². The molecule has 1 aromatic carbocycles. The van der Waals surface area contributed by atoms with Gasteiger partial charge in [-0.2, -0.15) is 10.2 Å². The summed E-state index contributed by atoms with van der Waals surface area (Å²) in [5.41, 5.74) is 6.46. The predicted molar refractivity (Wildman–Crippen MR) is 114 cm³/mol. The molecular weight excluding hydrogens is 364 g/mol. The fourth-order valence-corrected chi connectivity index (χ4v) is 3.49. The first-order chi connectivity index (χ1) is 14.0. The average Bonchev–Trinajstić information content (AvgIpc) is 3.22. The Kier molecular flexibility index (Phi) is 4.88. The molecule has 0 aliphatic rings. The van der Waals surface area contributed by atoms with Crippen LogP contribution >= 0.6 is 0 Å². The molecule has 4 rings (SSSR count). The number of hydrogen-bond acceptors (Lipinski definition) is 4. The Morgan fingerprint density at radius 3 is 2.48 bits per heavy atom. The van der Waals surface area contributed by atoms with Gasteiger partial charge in [0.1, 0.15) is 6.54 Å². The van der Waals surface area contributed by atoms with Gasteiger partial charge in [-0.25, -0.2) is 9.67 Å². The van der Waals surface area contributed by atoms with E-state index in [1.165, 1.54) is 5.56 Å². The number of amides is 1. The Hall–Kier alpha value is -3.48. The Morgan fingerprint density at radius 1 is 1.03 bits per heavy atom. The van der Waals surface area contributed by atoms with Gasteiger partial charge in [-0.1, -0.05) is 29.8 Å². The zero-order valence-corrected chi connectivity index (χ0v) is 17.1. The number of carbonyl (C=O) groups excluding carboxylic acids is 1. The monoisotopic (exact) mass is 388 g/mol. The minimum Gasteiger partial charge on any atom is -0.322 e. The normalized spacial score (nSPS) is 11.2. The van der Waals surface area contributed by atoms with Gasteiger partial charge in [-0.3, -0.25) is 9.48 Å². The Balaban J connectivity index is 1.65. The number of fused-ring (bicyclic) bond motifs is 1. The van der Waals surface area contributed by atoms with Crippen molar-refractivity contribution in [2.45, 2.75) is 40.8 Å². The third-order valence-electron chi connectivity index (χ3n) is 5.01. The maximum absolute atomic E-state index is 12.6. The van der Waals surface area contributed by atoms with Crippen molar-refractivity contribution in [1.82, 2.24) is 24.5 Å². The SMILES string of the molecule is CCn1cc(NC(=O)Cn2nc(C)c3c(-c4ccc(C)cc4)ccnc32)c(C)n1. The molecule has 0 fully saturated rings. The standard InChI is InChI=1S/C22H24N6O/c1-5-27-12-19(15(3)25-27)24-20(29)13-28-22-21(16(4)26-28)18(10-11-23-22)17-8-6-14(2)7-9-17/h6-12H,5,13H2,1-4H3,(H,24,29). The number of aromatic nitrogens is 5. The van der Waals surface area contributed by atoms with Gasteiger partial charge in [0.25, 0.3) is 0 Å². The summed E-state index contributed by atoms with van der Waals surface area (Å²) in [7, 11) is 0. The maximum Gasteiger partial charge on any atom is 0.246 e. The first-order valence-corrected chi connectivity index (χ1v) is 9.69. The maximum atomic E-state index is 12.6. The molecule has 0 aliphatic carbocycles.